The van der Waals surface area contributed by atoms with Gasteiger partial charge in [-0.2, -0.15) is 0 Å². The minimum absolute atomic E-state index is 0.523. The van der Waals surface area contributed by atoms with Crippen molar-refractivity contribution in [3.05, 3.63) is 34.1 Å². The SMILES string of the molecule is Cc1ccc(N(C)c2n[nH]c(=S)n2C2CC2)c(C)c1. The Morgan fingerprint density at radius 3 is 2.74 bits per heavy atom. The molecule has 1 fully saturated rings. The van der Waals surface area contributed by atoms with E-state index in [1.54, 1.807) is 0 Å². The Hall–Kier alpha value is -1.62. The van der Waals surface area contributed by atoms with E-state index in [-0.39, 0.29) is 0 Å². The zero-order valence-electron chi connectivity index (χ0n) is 11.5. The lowest BCUT2D eigenvalue weighted by atomic mass is 10.1. The van der Waals surface area contributed by atoms with Gasteiger partial charge in [0.2, 0.25) is 5.95 Å². The number of H-pyrrole nitrogens is 1. The first kappa shape index (κ1) is 12.4. The summed E-state index contributed by atoms with van der Waals surface area (Å²) in [7, 11) is 2.04. The molecule has 0 bridgehead atoms. The Kier molecular flexibility index (Phi) is 2.93. The molecule has 0 spiro atoms. The monoisotopic (exact) mass is 274 g/mol. The Morgan fingerprint density at radius 1 is 1.37 bits per heavy atom. The van der Waals surface area contributed by atoms with E-state index in [9.17, 15) is 0 Å². The van der Waals surface area contributed by atoms with E-state index in [0.717, 1.165) is 5.95 Å². The average molecular weight is 274 g/mol. The molecule has 5 heteroatoms. The van der Waals surface area contributed by atoms with Gasteiger partial charge in [-0.1, -0.05) is 17.7 Å². The molecule has 4 nitrogen and oxygen atoms in total. The van der Waals surface area contributed by atoms with E-state index in [2.05, 4.69) is 51.7 Å². The smallest absolute Gasteiger partial charge is 0.230 e. The molecule has 2 aromatic rings. The lowest BCUT2D eigenvalue weighted by Crippen LogP contribution is -2.16. The molecule has 0 saturated heterocycles. The third-order valence-electron chi connectivity index (χ3n) is 3.61. The van der Waals surface area contributed by atoms with Gasteiger partial charge in [-0.05, 0) is 50.5 Å². The highest BCUT2D eigenvalue weighted by Gasteiger charge is 2.29. The van der Waals surface area contributed by atoms with Crippen LogP contribution < -0.4 is 4.90 Å². The summed E-state index contributed by atoms with van der Waals surface area (Å²) in [6.07, 6.45) is 2.39. The molecule has 1 aliphatic rings. The van der Waals surface area contributed by atoms with Crippen LogP contribution in [0.2, 0.25) is 0 Å². The summed E-state index contributed by atoms with van der Waals surface area (Å²) in [5, 5.41) is 7.30. The molecule has 1 saturated carbocycles. The average Bonchev–Trinajstić information content (AvgIpc) is 3.12. The van der Waals surface area contributed by atoms with Crippen molar-refractivity contribution in [3.8, 4) is 0 Å². The van der Waals surface area contributed by atoms with Gasteiger partial charge >= 0.3 is 0 Å². The second-order valence-electron chi connectivity index (χ2n) is 5.28. The third kappa shape index (κ3) is 2.18. The number of nitrogens with zero attached hydrogens (tertiary/aromatic N) is 3. The highest BCUT2D eigenvalue weighted by Crippen LogP contribution is 2.39. The van der Waals surface area contributed by atoms with Crippen molar-refractivity contribution in [1.82, 2.24) is 14.8 Å². The van der Waals surface area contributed by atoms with Crippen LogP contribution in [-0.2, 0) is 0 Å². The van der Waals surface area contributed by atoms with Crippen molar-refractivity contribution in [3.63, 3.8) is 0 Å². The van der Waals surface area contributed by atoms with Crippen LogP contribution in [0.5, 0.6) is 0 Å². The van der Waals surface area contributed by atoms with Crippen LogP contribution in [0.25, 0.3) is 0 Å². The van der Waals surface area contributed by atoms with Gasteiger partial charge in [-0.3, -0.25) is 4.57 Å². The fourth-order valence-corrected chi connectivity index (χ4v) is 2.76. The summed E-state index contributed by atoms with van der Waals surface area (Å²) >= 11 is 5.33. The van der Waals surface area contributed by atoms with Crippen LogP contribution in [0, 0.1) is 18.6 Å². The molecule has 1 aromatic heterocycles. The van der Waals surface area contributed by atoms with Crippen molar-refractivity contribution in [2.75, 3.05) is 11.9 Å². The number of aromatic amines is 1. The van der Waals surface area contributed by atoms with Crippen LogP contribution in [0.4, 0.5) is 11.6 Å². The first-order valence-corrected chi connectivity index (χ1v) is 6.96. The summed E-state index contributed by atoms with van der Waals surface area (Å²) in [6.45, 7) is 4.23. The predicted molar refractivity (Wildman–Crippen MR) is 79.7 cm³/mol. The summed E-state index contributed by atoms with van der Waals surface area (Å²) in [5.74, 6) is 0.902. The highest BCUT2D eigenvalue weighted by molar-refractivity contribution is 7.71. The molecular formula is C14H18N4S. The second-order valence-corrected chi connectivity index (χ2v) is 5.67. The largest absolute Gasteiger partial charge is 0.313 e. The Morgan fingerprint density at radius 2 is 2.11 bits per heavy atom. The van der Waals surface area contributed by atoms with Gasteiger partial charge in [-0.25, -0.2) is 5.10 Å². The lowest BCUT2D eigenvalue weighted by molar-refractivity contribution is 0.722. The fourth-order valence-electron chi connectivity index (χ4n) is 2.48. The Labute approximate surface area is 118 Å². The Balaban J connectivity index is 2.04. The standard InChI is InChI=1S/C14H18N4S/c1-9-4-7-12(10(2)8-9)17(3)13-15-16-14(19)18(13)11-5-6-11/h4,7-8,11H,5-6H2,1-3H3,(H,16,19). The van der Waals surface area contributed by atoms with Gasteiger partial charge in [0.05, 0.1) is 0 Å². The van der Waals surface area contributed by atoms with E-state index in [4.69, 9.17) is 12.2 Å². The molecule has 0 radical (unpaired) electrons. The molecule has 0 aliphatic heterocycles. The van der Waals surface area contributed by atoms with E-state index in [1.165, 1.54) is 29.7 Å². The fraction of sp³-hybridized carbons (Fsp3) is 0.429. The number of nitrogens with one attached hydrogen (secondary N) is 1. The molecule has 0 amide bonds. The van der Waals surface area contributed by atoms with Crippen molar-refractivity contribution in [2.45, 2.75) is 32.7 Å². The van der Waals surface area contributed by atoms with Gasteiger partial charge in [0.25, 0.3) is 0 Å². The molecule has 0 atom stereocenters. The summed E-state index contributed by atoms with van der Waals surface area (Å²) < 4.78 is 2.85. The van der Waals surface area contributed by atoms with Crippen molar-refractivity contribution < 1.29 is 0 Å². The maximum atomic E-state index is 5.33. The summed E-state index contributed by atoms with van der Waals surface area (Å²) in [6, 6.07) is 6.98. The van der Waals surface area contributed by atoms with E-state index < -0.39 is 0 Å². The molecule has 1 aliphatic carbocycles. The predicted octanol–water partition coefficient (Wildman–Crippen LogP) is 3.66. The first-order chi connectivity index (χ1) is 9.08. The molecule has 19 heavy (non-hydrogen) atoms. The van der Waals surface area contributed by atoms with Gasteiger partial charge < -0.3 is 4.90 Å². The van der Waals surface area contributed by atoms with Crippen LogP contribution in [-0.4, -0.2) is 21.8 Å². The van der Waals surface area contributed by atoms with E-state index in [1.807, 2.05) is 7.05 Å². The maximum absolute atomic E-state index is 5.33. The van der Waals surface area contributed by atoms with Crippen molar-refractivity contribution >= 4 is 23.9 Å². The van der Waals surface area contributed by atoms with Crippen LogP contribution in [0.1, 0.15) is 30.0 Å². The van der Waals surface area contributed by atoms with Gasteiger partial charge in [0, 0.05) is 18.8 Å². The van der Waals surface area contributed by atoms with Crippen molar-refractivity contribution in [2.24, 2.45) is 0 Å². The third-order valence-corrected chi connectivity index (χ3v) is 3.90. The zero-order valence-corrected chi connectivity index (χ0v) is 12.3. The number of rotatable bonds is 3. The summed E-state index contributed by atoms with van der Waals surface area (Å²) in [4.78, 5) is 2.11. The molecule has 0 unspecified atom stereocenters. The van der Waals surface area contributed by atoms with Crippen molar-refractivity contribution in [1.29, 1.82) is 0 Å². The number of hydrogen-bond donors (Lipinski definition) is 1. The van der Waals surface area contributed by atoms with Gasteiger partial charge in [0.15, 0.2) is 4.77 Å². The molecule has 1 heterocycles. The van der Waals surface area contributed by atoms with Crippen LogP contribution in [0.15, 0.2) is 18.2 Å². The number of benzene rings is 1. The summed E-state index contributed by atoms with van der Waals surface area (Å²) in [5.41, 5.74) is 3.69. The first-order valence-electron chi connectivity index (χ1n) is 6.56. The number of hydrogen-bond acceptors (Lipinski definition) is 3. The van der Waals surface area contributed by atoms with E-state index in [0.29, 0.717) is 10.8 Å². The lowest BCUT2D eigenvalue weighted by Gasteiger charge is -2.21. The molecule has 1 aromatic carbocycles. The van der Waals surface area contributed by atoms with Gasteiger partial charge in [0.1, 0.15) is 0 Å². The van der Waals surface area contributed by atoms with E-state index >= 15 is 0 Å². The zero-order chi connectivity index (χ0) is 13.6. The molecule has 100 valence electrons. The maximum Gasteiger partial charge on any atom is 0.230 e. The van der Waals surface area contributed by atoms with Gasteiger partial charge in [-0.15, -0.1) is 5.10 Å². The molecular weight excluding hydrogens is 256 g/mol. The molecule has 3 rings (SSSR count). The Bertz CT molecular complexity index is 666. The number of aryl methyl sites for hydroxylation is 2. The molecule has 1 N–H and O–H groups in total. The minimum Gasteiger partial charge on any atom is -0.313 e. The number of aromatic nitrogens is 3. The minimum atomic E-state index is 0.523. The van der Waals surface area contributed by atoms with Crippen LogP contribution in [0.3, 0.4) is 0 Å². The normalized spacial score (nSPS) is 14.7. The highest BCUT2D eigenvalue weighted by atomic mass is 32.1. The topological polar surface area (TPSA) is 36.9 Å². The number of anilines is 2. The quantitative estimate of drug-likeness (QED) is 0.868. The van der Waals surface area contributed by atoms with Crippen LogP contribution >= 0.6 is 12.2 Å². The second kappa shape index (κ2) is 4.49.